The molecule has 11 aromatic carbocycles. The molecule has 0 aliphatic carbocycles. The topological polar surface area (TPSA) is 30.7 Å². The Hall–Kier alpha value is -8.92. The molecule has 0 spiro atoms. The average molecular weight is 852 g/mol. The summed E-state index contributed by atoms with van der Waals surface area (Å²) >= 11 is 0. The molecule has 312 valence electrons. The van der Waals surface area contributed by atoms with E-state index in [1.54, 1.807) is 0 Å². The lowest BCUT2D eigenvalue weighted by Crippen LogP contribution is -1.96. The summed E-state index contributed by atoms with van der Waals surface area (Å²) in [5.41, 5.74) is 15.5. The minimum atomic E-state index is 0.707. The van der Waals surface area contributed by atoms with Gasteiger partial charge >= 0.3 is 0 Å². The second kappa shape index (κ2) is 16.0. The smallest absolute Gasteiger partial charge is 0.160 e. The molecule has 0 fully saturated rings. The van der Waals surface area contributed by atoms with Crippen molar-refractivity contribution in [3.05, 3.63) is 249 Å². The maximum atomic E-state index is 5.18. The number of para-hydroxylation sites is 1. The van der Waals surface area contributed by atoms with Gasteiger partial charge in [0.15, 0.2) is 5.82 Å². The summed E-state index contributed by atoms with van der Waals surface area (Å²) in [4.78, 5) is 10.2. The van der Waals surface area contributed by atoms with Crippen LogP contribution in [0.1, 0.15) is 0 Å². The Bertz CT molecular complexity index is 3950. The number of fused-ring (bicyclic) bond motifs is 9. The third-order valence-corrected chi connectivity index (χ3v) is 13.4. The quantitative estimate of drug-likeness (QED) is 0.150. The van der Waals surface area contributed by atoms with Crippen LogP contribution in [0.2, 0.25) is 0 Å². The molecule has 3 heteroatoms. The van der Waals surface area contributed by atoms with Crippen LogP contribution < -0.4 is 0 Å². The van der Waals surface area contributed by atoms with Gasteiger partial charge in [-0.2, -0.15) is 0 Å². The molecule has 2 aromatic heterocycles. The van der Waals surface area contributed by atoms with Gasteiger partial charge in [0.05, 0.1) is 22.4 Å². The predicted octanol–water partition coefficient (Wildman–Crippen LogP) is 17.0. The van der Waals surface area contributed by atoms with Crippen LogP contribution in [0.15, 0.2) is 249 Å². The van der Waals surface area contributed by atoms with E-state index in [4.69, 9.17) is 9.97 Å². The Morgan fingerprint density at radius 3 is 1.49 bits per heavy atom. The Labute approximate surface area is 388 Å². The highest BCUT2D eigenvalue weighted by Crippen LogP contribution is 2.43. The highest BCUT2D eigenvalue weighted by molar-refractivity contribution is 6.29. The first-order chi connectivity index (χ1) is 33.2. The number of rotatable bonds is 7. The molecular weight excluding hydrogens is 811 g/mol. The Balaban J connectivity index is 0.960. The predicted molar refractivity (Wildman–Crippen MR) is 282 cm³/mol. The first-order valence-corrected chi connectivity index (χ1v) is 22.9. The van der Waals surface area contributed by atoms with Crippen molar-refractivity contribution in [2.45, 2.75) is 0 Å². The second-order valence-electron chi connectivity index (χ2n) is 17.3. The van der Waals surface area contributed by atoms with Crippen molar-refractivity contribution < 1.29 is 0 Å². The molecule has 13 aromatic rings. The van der Waals surface area contributed by atoms with Gasteiger partial charge in [-0.1, -0.05) is 206 Å². The van der Waals surface area contributed by atoms with E-state index in [0.717, 1.165) is 39.3 Å². The van der Waals surface area contributed by atoms with E-state index in [-0.39, 0.29) is 0 Å². The van der Waals surface area contributed by atoms with Crippen LogP contribution in [-0.4, -0.2) is 14.5 Å². The third kappa shape index (κ3) is 6.67. The molecule has 3 nitrogen and oxygen atoms in total. The average Bonchev–Trinajstić information content (AvgIpc) is 3.75. The van der Waals surface area contributed by atoms with Gasteiger partial charge in [0.1, 0.15) is 0 Å². The van der Waals surface area contributed by atoms with Gasteiger partial charge in [0.2, 0.25) is 0 Å². The Morgan fingerprint density at radius 2 is 0.746 bits per heavy atom. The standard InChI is InChI=1S/C64H41N3/c1-4-16-42(17-5-1)43-30-34-50(35-31-43)67-61-29-13-12-26-54(61)55-36-32-47(40-62(55)67)46-33-37-57-58(39-46)53-25-11-10-24-52(53)56-28-15-27-51(63(56)57)48-22-14-23-49(38-48)60-41-59(44-18-6-2-7-19-44)65-64(66-60)45-20-8-3-9-21-45/h1-41H. The molecule has 13 rings (SSSR count). The molecule has 67 heavy (non-hydrogen) atoms. The van der Waals surface area contributed by atoms with Gasteiger partial charge in [0, 0.05) is 33.2 Å². The lowest BCUT2D eigenvalue weighted by Gasteiger charge is -2.16. The van der Waals surface area contributed by atoms with Crippen LogP contribution >= 0.6 is 0 Å². The van der Waals surface area contributed by atoms with Gasteiger partial charge in [-0.3, -0.25) is 0 Å². The zero-order valence-electron chi connectivity index (χ0n) is 36.5. The third-order valence-electron chi connectivity index (χ3n) is 13.4. The van der Waals surface area contributed by atoms with Crippen LogP contribution in [0, 0.1) is 0 Å². The molecule has 0 atom stereocenters. The fourth-order valence-corrected chi connectivity index (χ4v) is 10.2. The van der Waals surface area contributed by atoms with Crippen molar-refractivity contribution in [2.24, 2.45) is 0 Å². The highest BCUT2D eigenvalue weighted by Gasteiger charge is 2.18. The highest BCUT2D eigenvalue weighted by atomic mass is 15.0. The molecule has 0 N–H and O–H groups in total. The van der Waals surface area contributed by atoms with E-state index in [0.29, 0.717) is 5.82 Å². The van der Waals surface area contributed by atoms with Crippen LogP contribution in [0.25, 0.3) is 127 Å². The van der Waals surface area contributed by atoms with Gasteiger partial charge < -0.3 is 4.57 Å². The van der Waals surface area contributed by atoms with Crippen molar-refractivity contribution in [1.29, 1.82) is 0 Å². The van der Waals surface area contributed by atoms with Gasteiger partial charge in [-0.05, 0) is 108 Å². The summed E-state index contributed by atoms with van der Waals surface area (Å²) in [5, 5.41) is 9.92. The zero-order valence-corrected chi connectivity index (χ0v) is 36.5. The van der Waals surface area contributed by atoms with Crippen LogP contribution in [0.4, 0.5) is 0 Å². The van der Waals surface area contributed by atoms with Crippen LogP contribution in [0.5, 0.6) is 0 Å². The summed E-state index contributed by atoms with van der Waals surface area (Å²) < 4.78 is 2.42. The first-order valence-electron chi connectivity index (χ1n) is 22.9. The lowest BCUT2D eigenvalue weighted by molar-refractivity contribution is 1.18. The van der Waals surface area contributed by atoms with Crippen molar-refractivity contribution in [1.82, 2.24) is 14.5 Å². The maximum absolute atomic E-state index is 5.18. The molecule has 0 radical (unpaired) electrons. The summed E-state index contributed by atoms with van der Waals surface area (Å²) in [6, 6.07) is 89.6. The van der Waals surface area contributed by atoms with E-state index in [2.05, 4.69) is 229 Å². The molecule has 0 saturated heterocycles. The summed E-state index contributed by atoms with van der Waals surface area (Å²) in [7, 11) is 0. The van der Waals surface area contributed by atoms with E-state index in [1.165, 1.54) is 81.9 Å². The molecule has 2 heterocycles. The van der Waals surface area contributed by atoms with E-state index < -0.39 is 0 Å². The molecular formula is C64H41N3. The normalized spacial score (nSPS) is 11.6. The van der Waals surface area contributed by atoms with Gasteiger partial charge in [-0.15, -0.1) is 0 Å². The van der Waals surface area contributed by atoms with E-state index >= 15 is 0 Å². The summed E-state index contributed by atoms with van der Waals surface area (Å²) in [6.45, 7) is 0. The second-order valence-corrected chi connectivity index (χ2v) is 17.3. The van der Waals surface area contributed by atoms with E-state index in [9.17, 15) is 0 Å². The molecule has 0 saturated carbocycles. The number of hydrogen-bond donors (Lipinski definition) is 0. The zero-order chi connectivity index (χ0) is 44.3. The van der Waals surface area contributed by atoms with E-state index in [1.807, 2.05) is 24.3 Å². The van der Waals surface area contributed by atoms with Crippen LogP contribution in [-0.2, 0) is 0 Å². The summed E-state index contributed by atoms with van der Waals surface area (Å²) in [6.07, 6.45) is 0. The fourth-order valence-electron chi connectivity index (χ4n) is 10.2. The van der Waals surface area contributed by atoms with Crippen molar-refractivity contribution in [2.75, 3.05) is 0 Å². The maximum Gasteiger partial charge on any atom is 0.160 e. The first kappa shape index (κ1) is 38.5. The number of benzene rings is 11. The Morgan fingerprint density at radius 1 is 0.254 bits per heavy atom. The van der Waals surface area contributed by atoms with Crippen molar-refractivity contribution in [3.63, 3.8) is 0 Å². The largest absolute Gasteiger partial charge is 0.309 e. The van der Waals surface area contributed by atoms with Gasteiger partial charge in [-0.25, -0.2) is 9.97 Å². The Kier molecular flexibility index (Phi) is 9.17. The SMILES string of the molecule is c1ccc(-c2ccc(-n3c4ccccc4c4ccc(-c5ccc6c(c5)c5ccccc5c5cccc(-c7cccc(-c8cc(-c9ccccc9)nc(-c9ccccc9)n8)c7)c56)cc43)cc2)cc1. The molecule has 0 amide bonds. The van der Waals surface area contributed by atoms with Gasteiger partial charge in [0.25, 0.3) is 0 Å². The number of aromatic nitrogens is 3. The van der Waals surface area contributed by atoms with Crippen molar-refractivity contribution in [3.8, 4) is 73.0 Å². The minimum Gasteiger partial charge on any atom is -0.309 e. The van der Waals surface area contributed by atoms with Crippen LogP contribution in [0.3, 0.4) is 0 Å². The molecule has 0 bridgehead atoms. The minimum absolute atomic E-state index is 0.707. The molecule has 0 aliphatic rings. The lowest BCUT2D eigenvalue weighted by atomic mass is 9.88. The monoisotopic (exact) mass is 851 g/mol. The molecule has 0 aliphatic heterocycles. The number of hydrogen-bond acceptors (Lipinski definition) is 2. The summed E-state index contributed by atoms with van der Waals surface area (Å²) in [5.74, 6) is 0.707. The van der Waals surface area contributed by atoms with Crippen molar-refractivity contribution >= 4 is 54.1 Å². The fraction of sp³-hybridized carbons (Fsp3) is 0. The molecule has 0 unspecified atom stereocenters. The number of nitrogens with zero attached hydrogens (tertiary/aromatic N) is 3.